The normalized spacial score (nSPS) is 10.7. The number of aryl methyl sites for hydroxylation is 1. The first-order valence-corrected chi connectivity index (χ1v) is 5.79. The molecule has 6 nitrogen and oxygen atoms in total. The molecule has 84 valence electrons. The van der Waals surface area contributed by atoms with E-state index in [-0.39, 0.29) is 10.7 Å². The molecule has 0 aliphatic carbocycles. The molecule has 0 bridgehead atoms. The topological polar surface area (TPSA) is 65.6 Å². The van der Waals surface area contributed by atoms with Crippen LogP contribution >= 0.6 is 34.2 Å². The maximum atomic E-state index is 11.8. The zero-order chi connectivity index (χ0) is 11.7. The van der Waals surface area contributed by atoms with Gasteiger partial charge < -0.3 is 0 Å². The second-order valence-electron chi connectivity index (χ2n) is 3.17. The molecule has 0 fully saturated rings. The molecule has 0 aromatic carbocycles. The first kappa shape index (κ1) is 11.5. The second-order valence-corrected chi connectivity index (χ2v) is 4.60. The SMILES string of the molecule is Cn1cc(Cn2cnc(Cl)c(I)c2=O)nn1. The second kappa shape index (κ2) is 4.50. The summed E-state index contributed by atoms with van der Waals surface area (Å²) >= 11 is 7.60. The van der Waals surface area contributed by atoms with Gasteiger partial charge in [-0.15, -0.1) is 5.10 Å². The number of hydrogen-bond donors (Lipinski definition) is 0. The summed E-state index contributed by atoms with van der Waals surface area (Å²) in [4.78, 5) is 15.7. The predicted molar refractivity (Wildman–Crippen MR) is 66.3 cm³/mol. The lowest BCUT2D eigenvalue weighted by Crippen LogP contribution is -2.23. The molecule has 0 aliphatic rings. The van der Waals surface area contributed by atoms with Crippen LogP contribution in [0.25, 0.3) is 0 Å². The Morgan fingerprint density at radius 3 is 2.94 bits per heavy atom. The molecule has 0 amide bonds. The largest absolute Gasteiger partial charge is 0.292 e. The van der Waals surface area contributed by atoms with E-state index in [1.165, 1.54) is 10.9 Å². The highest BCUT2D eigenvalue weighted by Crippen LogP contribution is 2.09. The van der Waals surface area contributed by atoms with Crippen LogP contribution in [0.15, 0.2) is 17.3 Å². The Labute approximate surface area is 109 Å². The molecule has 0 saturated heterocycles. The Morgan fingerprint density at radius 2 is 2.31 bits per heavy atom. The molecule has 0 unspecified atom stereocenters. The Kier molecular flexibility index (Phi) is 3.24. The molecule has 16 heavy (non-hydrogen) atoms. The number of halogens is 2. The molecule has 0 radical (unpaired) electrons. The van der Waals surface area contributed by atoms with Gasteiger partial charge in [0.25, 0.3) is 5.56 Å². The Hall–Kier alpha value is -0.960. The Balaban J connectivity index is 2.36. The van der Waals surface area contributed by atoms with Gasteiger partial charge in [0, 0.05) is 13.2 Å². The number of rotatable bonds is 2. The van der Waals surface area contributed by atoms with Crippen molar-refractivity contribution in [1.29, 1.82) is 0 Å². The van der Waals surface area contributed by atoms with E-state index in [1.807, 2.05) is 22.6 Å². The lowest BCUT2D eigenvalue weighted by atomic mass is 10.4. The van der Waals surface area contributed by atoms with Crippen LogP contribution in [0.2, 0.25) is 5.15 Å². The van der Waals surface area contributed by atoms with Crippen LogP contribution in [0, 0.1) is 3.57 Å². The van der Waals surface area contributed by atoms with Gasteiger partial charge in [-0.2, -0.15) is 0 Å². The summed E-state index contributed by atoms with van der Waals surface area (Å²) in [6.07, 6.45) is 3.15. The van der Waals surface area contributed by atoms with Crippen molar-refractivity contribution in [2.45, 2.75) is 6.54 Å². The zero-order valence-electron chi connectivity index (χ0n) is 8.26. The quantitative estimate of drug-likeness (QED) is 0.589. The van der Waals surface area contributed by atoms with Gasteiger partial charge in [-0.05, 0) is 22.6 Å². The van der Waals surface area contributed by atoms with Crippen LogP contribution in [0.1, 0.15) is 5.69 Å². The first-order valence-electron chi connectivity index (χ1n) is 4.33. The number of nitrogens with zero attached hydrogens (tertiary/aromatic N) is 5. The number of aromatic nitrogens is 5. The summed E-state index contributed by atoms with van der Waals surface area (Å²) in [6.45, 7) is 0.340. The van der Waals surface area contributed by atoms with Gasteiger partial charge in [-0.3, -0.25) is 14.0 Å². The first-order chi connectivity index (χ1) is 7.58. The molecule has 8 heteroatoms. The van der Waals surface area contributed by atoms with Crippen molar-refractivity contribution in [1.82, 2.24) is 24.5 Å². The van der Waals surface area contributed by atoms with Crippen LogP contribution < -0.4 is 5.56 Å². The fourth-order valence-corrected chi connectivity index (χ4v) is 1.77. The lowest BCUT2D eigenvalue weighted by molar-refractivity contribution is 0.697. The van der Waals surface area contributed by atoms with E-state index in [0.717, 1.165) is 0 Å². The van der Waals surface area contributed by atoms with E-state index in [2.05, 4.69) is 15.3 Å². The molecular weight excluding hydrogens is 344 g/mol. The van der Waals surface area contributed by atoms with Crippen molar-refractivity contribution in [2.24, 2.45) is 7.05 Å². The molecular formula is C8H7ClIN5O. The molecule has 0 atom stereocenters. The fraction of sp³-hybridized carbons (Fsp3) is 0.250. The predicted octanol–water partition coefficient (Wildman–Crippen LogP) is 0.678. The highest BCUT2D eigenvalue weighted by atomic mass is 127. The van der Waals surface area contributed by atoms with Crippen LogP contribution in [0.3, 0.4) is 0 Å². The standard InChI is InChI=1S/C8H7ClIN5O/c1-14-2-5(12-13-14)3-15-4-11-7(9)6(10)8(15)16/h2,4H,3H2,1H3. The van der Waals surface area contributed by atoms with Gasteiger partial charge in [-0.1, -0.05) is 16.8 Å². The van der Waals surface area contributed by atoms with Crippen molar-refractivity contribution < 1.29 is 0 Å². The minimum absolute atomic E-state index is 0.175. The number of hydrogen-bond acceptors (Lipinski definition) is 4. The summed E-state index contributed by atoms with van der Waals surface area (Å²) < 4.78 is 3.43. The van der Waals surface area contributed by atoms with Crippen LogP contribution in [-0.2, 0) is 13.6 Å². The van der Waals surface area contributed by atoms with Crippen molar-refractivity contribution in [3.63, 3.8) is 0 Å². The molecule has 0 aliphatic heterocycles. The molecule has 0 spiro atoms. The average Bonchev–Trinajstić information content (AvgIpc) is 2.65. The maximum Gasteiger partial charge on any atom is 0.268 e. The van der Waals surface area contributed by atoms with Crippen molar-refractivity contribution in [3.8, 4) is 0 Å². The minimum atomic E-state index is -0.175. The molecule has 0 N–H and O–H groups in total. The van der Waals surface area contributed by atoms with Gasteiger partial charge in [-0.25, -0.2) is 4.98 Å². The summed E-state index contributed by atoms with van der Waals surface area (Å²) in [6, 6.07) is 0. The van der Waals surface area contributed by atoms with Crippen LogP contribution in [0.4, 0.5) is 0 Å². The van der Waals surface area contributed by atoms with Gasteiger partial charge in [0.1, 0.15) is 14.4 Å². The van der Waals surface area contributed by atoms with Crippen LogP contribution in [0.5, 0.6) is 0 Å². The average molecular weight is 352 g/mol. The summed E-state index contributed by atoms with van der Waals surface area (Å²) in [5, 5.41) is 7.90. The van der Waals surface area contributed by atoms with Crippen molar-refractivity contribution in [3.05, 3.63) is 37.3 Å². The Morgan fingerprint density at radius 1 is 1.56 bits per heavy atom. The fourth-order valence-electron chi connectivity index (χ4n) is 1.20. The third-order valence-corrected chi connectivity index (χ3v) is 3.50. The third-order valence-electron chi connectivity index (χ3n) is 1.92. The van der Waals surface area contributed by atoms with E-state index in [4.69, 9.17) is 11.6 Å². The third kappa shape index (κ3) is 2.24. The maximum absolute atomic E-state index is 11.8. The van der Waals surface area contributed by atoms with E-state index >= 15 is 0 Å². The van der Waals surface area contributed by atoms with E-state index in [0.29, 0.717) is 15.8 Å². The summed E-state index contributed by atoms with van der Waals surface area (Å²) in [7, 11) is 1.77. The van der Waals surface area contributed by atoms with Crippen molar-refractivity contribution in [2.75, 3.05) is 0 Å². The van der Waals surface area contributed by atoms with Gasteiger partial charge in [0.2, 0.25) is 0 Å². The van der Waals surface area contributed by atoms with E-state index in [9.17, 15) is 4.79 Å². The Bertz CT molecular complexity index is 578. The molecule has 2 rings (SSSR count). The smallest absolute Gasteiger partial charge is 0.268 e. The monoisotopic (exact) mass is 351 g/mol. The van der Waals surface area contributed by atoms with Gasteiger partial charge in [0.15, 0.2) is 0 Å². The zero-order valence-corrected chi connectivity index (χ0v) is 11.2. The summed E-state index contributed by atoms with van der Waals surface area (Å²) in [5.74, 6) is 0. The highest BCUT2D eigenvalue weighted by Gasteiger charge is 2.08. The molecule has 2 heterocycles. The minimum Gasteiger partial charge on any atom is -0.292 e. The highest BCUT2D eigenvalue weighted by molar-refractivity contribution is 14.1. The van der Waals surface area contributed by atoms with E-state index < -0.39 is 0 Å². The van der Waals surface area contributed by atoms with E-state index in [1.54, 1.807) is 17.9 Å². The van der Waals surface area contributed by atoms with Crippen LogP contribution in [-0.4, -0.2) is 24.5 Å². The lowest BCUT2D eigenvalue weighted by Gasteiger charge is -2.03. The van der Waals surface area contributed by atoms with Gasteiger partial charge in [0.05, 0.1) is 12.9 Å². The molecule has 0 saturated carbocycles. The molecule has 2 aromatic heterocycles. The van der Waals surface area contributed by atoms with Gasteiger partial charge >= 0.3 is 0 Å². The van der Waals surface area contributed by atoms with Crippen molar-refractivity contribution >= 4 is 34.2 Å². The summed E-state index contributed by atoms with van der Waals surface area (Å²) in [5.41, 5.74) is 0.524. The molecule has 2 aromatic rings.